The Morgan fingerprint density at radius 2 is 1.74 bits per heavy atom. The third-order valence-electron chi connectivity index (χ3n) is 4.70. The van der Waals surface area contributed by atoms with Crippen LogP contribution >= 0.6 is 11.6 Å². The lowest BCUT2D eigenvalue weighted by molar-refractivity contribution is -0.146. The first-order valence-corrected chi connectivity index (χ1v) is 9.88. The molecule has 1 aliphatic heterocycles. The summed E-state index contributed by atoms with van der Waals surface area (Å²) in [5.41, 5.74) is 0.225. The van der Waals surface area contributed by atoms with Gasteiger partial charge in [0.2, 0.25) is 11.7 Å². The number of amides is 2. The second kappa shape index (κ2) is 10.6. The van der Waals surface area contributed by atoms with E-state index in [1.807, 2.05) is 0 Å². The van der Waals surface area contributed by atoms with E-state index in [-0.39, 0.29) is 5.56 Å². The highest BCUT2D eigenvalue weighted by atomic mass is 35.5. The van der Waals surface area contributed by atoms with Gasteiger partial charge in [-0.3, -0.25) is 9.59 Å². The summed E-state index contributed by atoms with van der Waals surface area (Å²) < 4.78 is 5.32. The Balaban J connectivity index is 2.42. The molecule has 1 aromatic carbocycles. The lowest BCUT2D eigenvalue weighted by Crippen LogP contribution is -2.64. The maximum atomic E-state index is 12.7. The van der Waals surface area contributed by atoms with Crippen molar-refractivity contribution in [3.63, 3.8) is 0 Å². The molecule has 0 aromatic heterocycles. The normalized spacial score (nSPS) is 22.7. The SMILES string of the molecule is CC(C)C(=O)N[C@H]1[C@H]([C@H](O)[C@H](O)CO)OC(C(=O)O)=C[C@@H]1NC(=O)c1ccc(Cl)cc1. The summed E-state index contributed by atoms with van der Waals surface area (Å²) in [6, 6.07) is 3.66. The highest BCUT2D eigenvalue weighted by molar-refractivity contribution is 6.30. The Hall–Kier alpha value is -2.66. The van der Waals surface area contributed by atoms with E-state index >= 15 is 0 Å². The predicted octanol–water partition coefficient (Wildman–Crippen LogP) is -0.339. The van der Waals surface area contributed by atoms with Gasteiger partial charge in [0.25, 0.3) is 5.91 Å². The van der Waals surface area contributed by atoms with Crippen LogP contribution in [0.2, 0.25) is 5.02 Å². The molecule has 170 valence electrons. The molecule has 0 saturated heterocycles. The molecular weight excluding hydrogens is 432 g/mol. The molecule has 1 aromatic rings. The molecule has 0 saturated carbocycles. The Labute approximate surface area is 183 Å². The molecule has 0 radical (unpaired) electrons. The Morgan fingerprint density at radius 1 is 1.13 bits per heavy atom. The minimum atomic E-state index is -1.76. The summed E-state index contributed by atoms with van der Waals surface area (Å²) in [7, 11) is 0. The zero-order valence-electron chi connectivity index (χ0n) is 16.9. The van der Waals surface area contributed by atoms with Crippen molar-refractivity contribution in [2.75, 3.05) is 6.61 Å². The number of aliphatic hydroxyl groups is 3. The van der Waals surface area contributed by atoms with E-state index in [2.05, 4.69) is 10.6 Å². The third-order valence-corrected chi connectivity index (χ3v) is 4.95. The van der Waals surface area contributed by atoms with Crippen molar-refractivity contribution in [3.05, 3.63) is 46.7 Å². The number of aliphatic hydroxyl groups excluding tert-OH is 3. The smallest absolute Gasteiger partial charge is 0.370 e. The fourth-order valence-electron chi connectivity index (χ4n) is 2.93. The summed E-state index contributed by atoms with van der Waals surface area (Å²) in [6.45, 7) is 2.40. The quantitative estimate of drug-likeness (QED) is 0.309. The zero-order chi connectivity index (χ0) is 23.3. The predicted molar refractivity (Wildman–Crippen MR) is 109 cm³/mol. The number of ether oxygens (including phenoxy) is 1. The van der Waals surface area contributed by atoms with Gasteiger partial charge in [-0.15, -0.1) is 0 Å². The lowest BCUT2D eigenvalue weighted by atomic mass is 9.91. The molecule has 0 bridgehead atoms. The summed E-state index contributed by atoms with van der Waals surface area (Å²) >= 11 is 5.83. The van der Waals surface area contributed by atoms with Gasteiger partial charge in [-0.2, -0.15) is 0 Å². The number of carbonyl (C=O) groups excluding carboxylic acids is 2. The van der Waals surface area contributed by atoms with E-state index in [1.54, 1.807) is 13.8 Å². The first-order valence-electron chi connectivity index (χ1n) is 9.50. The van der Waals surface area contributed by atoms with Gasteiger partial charge in [-0.1, -0.05) is 25.4 Å². The zero-order valence-corrected chi connectivity index (χ0v) is 17.6. The first kappa shape index (κ1) is 24.6. The van der Waals surface area contributed by atoms with Gasteiger partial charge in [-0.05, 0) is 30.3 Å². The third kappa shape index (κ3) is 6.17. The fourth-order valence-corrected chi connectivity index (χ4v) is 3.06. The number of hydrogen-bond acceptors (Lipinski definition) is 7. The summed E-state index contributed by atoms with van der Waals surface area (Å²) in [6.07, 6.45) is -3.82. The molecule has 0 fully saturated rings. The van der Waals surface area contributed by atoms with Crippen LogP contribution in [0.1, 0.15) is 24.2 Å². The molecule has 10 nitrogen and oxygen atoms in total. The van der Waals surface area contributed by atoms with Crippen molar-refractivity contribution in [2.24, 2.45) is 5.92 Å². The van der Waals surface area contributed by atoms with E-state index in [0.29, 0.717) is 5.02 Å². The van der Waals surface area contributed by atoms with Crippen LogP contribution in [0.25, 0.3) is 0 Å². The molecule has 31 heavy (non-hydrogen) atoms. The monoisotopic (exact) mass is 456 g/mol. The Kier molecular flexibility index (Phi) is 8.40. The van der Waals surface area contributed by atoms with Crippen LogP contribution in [-0.4, -0.2) is 75.2 Å². The second-order valence-electron chi connectivity index (χ2n) is 7.35. The van der Waals surface area contributed by atoms with Crippen LogP contribution in [0.15, 0.2) is 36.1 Å². The number of rotatable bonds is 8. The Morgan fingerprint density at radius 3 is 2.26 bits per heavy atom. The van der Waals surface area contributed by atoms with Crippen LogP contribution in [-0.2, 0) is 14.3 Å². The molecule has 2 amide bonds. The van der Waals surface area contributed by atoms with Crippen molar-refractivity contribution < 1.29 is 39.5 Å². The highest BCUT2D eigenvalue weighted by Crippen LogP contribution is 2.24. The molecule has 11 heteroatoms. The molecule has 0 aliphatic carbocycles. The largest absolute Gasteiger partial charge is 0.478 e. The van der Waals surface area contributed by atoms with E-state index in [9.17, 15) is 34.8 Å². The summed E-state index contributed by atoms with van der Waals surface area (Å²) in [4.78, 5) is 36.6. The van der Waals surface area contributed by atoms with Crippen molar-refractivity contribution in [3.8, 4) is 0 Å². The van der Waals surface area contributed by atoms with Gasteiger partial charge in [0.05, 0.1) is 18.7 Å². The molecular formula is C20H25ClN2O8. The Bertz CT molecular complexity index is 842. The maximum Gasteiger partial charge on any atom is 0.370 e. The average Bonchev–Trinajstić information content (AvgIpc) is 2.73. The molecule has 0 spiro atoms. The summed E-state index contributed by atoms with van der Waals surface area (Å²) in [5.74, 6) is -3.59. The van der Waals surface area contributed by atoms with Crippen LogP contribution in [0.3, 0.4) is 0 Å². The number of aliphatic carboxylic acids is 1. The van der Waals surface area contributed by atoms with Gasteiger partial charge in [-0.25, -0.2) is 4.79 Å². The van der Waals surface area contributed by atoms with Crippen LogP contribution in [0, 0.1) is 5.92 Å². The molecule has 1 aliphatic rings. The van der Waals surface area contributed by atoms with E-state index in [4.69, 9.17) is 16.3 Å². The number of nitrogens with one attached hydrogen (secondary N) is 2. The highest BCUT2D eigenvalue weighted by Gasteiger charge is 2.44. The minimum Gasteiger partial charge on any atom is -0.478 e. The second-order valence-corrected chi connectivity index (χ2v) is 7.79. The number of halogens is 1. The number of hydrogen-bond donors (Lipinski definition) is 6. The van der Waals surface area contributed by atoms with Crippen LogP contribution in [0.4, 0.5) is 0 Å². The van der Waals surface area contributed by atoms with Gasteiger partial charge >= 0.3 is 5.97 Å². The van der Waals surface area contributed by atoms with Gasteiger partial charge in [0.15, 0.2) is 0 Å². The average molecular weight is 457 g/mol. The van der Waals surface area contributed by atoms with E-state index < -0.39 is 66.5 Å². The lowest BCUT2D eigenvalue weighted by Gasteiger charge is -2.40. The topological polar surface area (TPSA) is 165 Å². The fraction of sp³-hybridized carbons (Fsp3) is 0.450. The maximum absolute atomic E-state index is 12.7. The van der Waals surface area contributed by atoms with Gasteiger partial charge < -0.3 is 35.8 Å². The number of carboxylic acids is 1. The number of carbonyl (C=O) groups is 3. The molecule has 6 N–H and O–H groups in total. The van der Waals surface area contributed by atoms with Crippen molar-refractivity contribution in [1.29, 1.82) is 0 Å². The van der Waals surface area contributed by atoms with Crippen molar-refractivity contribution >= 4 is 29.4 Å². The minimum absolute atomic E-state index is 0.225. The molecule has 2 rings (SSSR count). The van der Waals surface area contributed by atoms with E-state index in [1.165, 1.54) is 24.3 Å². The van der Waals surface area contributed by atoms with E-state index in [0.717, 1.165) is 6.08 Å². The first-order chi connectivity index (χ1) is 14.5. The molecule has 0 unspecified atom stereocenters. The summed E-state index contributed by atoms with van der Waals surface area (Å²) in [5, 5.41) is 44.5. The van der Waals surface area contributed by atoms with Crippen molar-refractivity contribution in [2.45, 2.75) is 44.2 Å². The van der Waals surface area contributed by atoms with Crippen LogP contribution < -0.4 is 10.6 Å². The molecule has 1 heterocycles. The van der Waals surface area contributed by atoms with Gasteiger partial charge in [0.1, 0.15) is 18.3 Å². The van der Waals surface area contributed by atoms with Crippen LogP contribution in [0.5, 0.6) is 0 Å². The van der Waals surface area contributed by atoms with Gasteiger partial charge in [0, 0.05) is 16.5 Å². The number of carboxylic acid groups (broad SMARTS) is 1. The molecule has 5 atom stereocenters. The number of benzene rings is 1. The standard InChI is InChI=1S/C20H25ClN2O8/c1-9(2)18(27)23-15-12(22-19(28)10-3-5-11(21)6-4-10)7-14(20(29)30)31-17(15)16(26)13(25)8-24/h3-7,9,12-13,15-17,24-26H,8H2,1-2H3,(H,22,28)(H,23,27)(H,29,30)/t12-,13+,15+,16+,17+/m0/s1. The van der Waals surface area contributed by atoms with Crippen molar-refractivity contribution in [1.82, 2.24) is 10.6 Å².